The summed E-state index contributed by atoms with van der Waals surface area (Å²) in [6.45, 7) is 0.985. The normalized spacial score (nSPS) is 10.4. The van der Waals surface area contributed by atoms with Crippen molar-refractivity contribution >= 4 is 17.4 Å². The van der Waals surface area contributed by atoms with Crippen LogP contribution in [-0.4, -0.2) is 5.84 Å². The molecule has 0 fully saturated rings. The van der Waals surface area contributed by atoms with Crippen LogP contribution in [0.4, 0.5) is 0 Å². The van der Waals surface area contributed by atoms with Crippen LogP contribution in [0, 0.1) is 5.41 Å². The predicted octanol–water partition coefficient (Wildman–Crippen LogP) is 3.34. The van der Waals surface area contributed by atoms with E-state index in [2.05, 4.69) is 0 Å². The number of benzene rings is 2. The minimum atomic E-state index is 0.0664. The number of rotatable bonds is 5. The lowest BCUT2D eigenvalue weighted by atomic mass is 10.1. The van der Waals surface area contributed by atoms with Gasteiger partial charge in [0.25, 0.3) is 0 Å². The third-order valence-electron chi connectivity index (χ3n) is 2.66. The summed E-state index contributed by atoms with van der Waals surface area (Å²) in [6.07, 6.45) is 0. The molecule has 4 heteroatoms. The van der Waals surface area contributed by atoms with Crippen LogP contribution in [-0.2, 0) is 18.0 Å². The molecule has 0 amide bonds. The Bertz CT molecular complexity index is 584. The third kappa shape index (κ3) is 4.09. The standard InChI is InChI=1S/C15H15ClN2O/c16-14-6-2-4-12(8-14)10-19-9-11-3-1-5-13(7-11)15(17)18/h1-8H,9-10H2,(H3,17,18). The maximum absolute atomic E-state index is 7.39. The second kappa shape index (κ2) is 6.36. The van der Waals surface area contributed by atoms with E-state index < -0.39 is 0 Å². The molecule has 0 radical (unpaired) electrons. The highest BCUT2D eigenvalue weighted by molar-refractivity contribution is 6.30. The first kappa shape index (κ1) is 13.6. The van der Waals surface area contributed by atoms with Gasteiger partial charge < -0.3 is 10.5 Å². The summed E-state index contributed by atoms with van der Waals surface area (Å²) in [4.78, 5) is 0. The highest BCUT2D eigenvalue weighted by Gasteiger charge is 2.00. The zero-order valence-corrected chi connectivity index (χ0v) is 11.2. The molecule has 2 rings (SSSR count). The van der Waals surface area contributed by atoms with Crippen LogP contribution < -0.4 is 5.73 Å². The van der Waals surface area contributed by atoms with E-state index in [1.165, 1.54) is 0 Å². The number of nitrogens with one attached hydrogen (secondary N) is 1. The Balaban J connectivity index is 1.92. The van der Waals surface area contributed by atoms with Gasteiger partial charge in [0.05, 0.1) is 13.2 Å². The number of hydrogen-bond acceptors (Lipinski definition) is 2. The first-order valence-electron chi connectivity index (χ1n) is 5.90. The maximum Gasteiger partial charge on any atom is 0.122 e. The van der Waals surface area contributed by atoms with Crippen LogP contribution in [0.25, 0.3) is 0 Å². The second-order valence-electron chi connectivity index (χ2n) is 4.24. The van der Waals surface area contributed by atoms with E-state index >= 15 is 0 Å². The molecular formula is C15H15ClN2O. The second-order valence-corrected chi connectivity index (χ2v) is 4.67. The molecule has 2 aromatic rings. The summed E-state index contributed by atoms with van der Waals surface area (Å²) >= 11 is 5.90. The lowest BCUT2D eigenvalue weighted by Gasteiger charge is -2.06. The molecule has 98 valence electrons. The Kier molecular flexibility index (Phi) is 4.55. The summed E-state index contributed by atoms with van der Waals surface area (Å²) in [7, 11) is 0. The molecule has 0 bridgehead atoms. The average Bonchev–Trinajstić information content (AvgIpc) is 2.39. The molecule has 3 N–H and O–H groups in total. The Morgan fingerprint density at radius 3 is 2.32 bits per heavy atom. The monoisotopic (exact) mass is 274 g/mol. The highest BCUT2D eigenvalue weighted by atomic mass is 35.5. The average molecular weight is 275 g/mol. The van der Waals surface area contributed by atoms with Crippen LogP contribution in [0.5, 0.6) is 0 Å². The van der Waals surface area contributed by atoms with Crippen LogP contribution in [0.15, 0.2) is 48.5 Å². The minimum Gasteiger partial charge on any atom is -0.384 e. The zero-order valence-electron chi connectivity index (χ0n) is 10.4. The van der Waals surface area contributed by atoms with Gasteiger partial charge in [0.2, 0.25) is 0 Å². The summed E-state index contributed by atoms with van der Waals surface area (Å²) in [5, 5.41) is 8.10. The molecular weight excluding hydrogens is 260 g/mol. The van der Waals surface area contributed by atoms with Gasteiger partial charge >= 0.3 is 0 Å². The van der Waals surface area contributed by atoms with E-state index in [-0.39, 0.29) is 5.84 Å². The molecule has 0 atom stereocenters. The van der Waals surface area contributed by atoms with Crippen molar-refractivity contribution in [1.82, 2.24) is 0 Å². The molecule has 3 nitrogen and oxygen atoms in total. The van der Waals surface area contributed by atoms with Gasteiger partial charge in [0.1, 0.15) is 5.84 Å². The lowest BCUT2D eigenvalue weighted by Crippen LogP contribution is -2.11. The Morgan fingerprint density at radius 2 is 1.68 bits per heavy atom. The fraction of sp³-hybridized carbons (Fsp3) is 0.133. The number of nitrogen functional groups attached to an aromatic ring is 1. The van der Waals surface area contributed by atoms with E-state index in [9.17, 15) is 0 Å². The molecule has 0 saturated carbocycles. The van der Waals surface area contributed by atoms with Gasteiger partial charge in [0, 0.05) is 10.6 Å². The fourth-order valence-electron chi connectivity index (χ4n) is 1.74. The Labute approximate surface area is 117 Å². The Morgan fingerprint density at radius 1 is 1.05 bits per heavy atom. The highest BCUT2D eigenvalue weighted by Crippen LogP contribution is 2.13. The SMILES string of the molecule is N=C(N)c1cccc(COCc2cccc(Cl)c2)c1. The number of amidine groups is 1. The zero-order chi connectivity index (χ0) is 13.7. The van der Waals surface area contributed by atoms with E-state index in [0.717, 1.165) is 11.1 Å². The van der Waals surface area contributed by atoms with Crippen molar-refractivity contribution in [2.24, 2.45) is 5.73 Å². The van der Waals surface area contributed by atoms with Crippen LogP contribution in [0.3, 0.4) is 0 Å². The molecule has 2 aromatic carbocycles. The number of hydrogen-bond donors (Lipinski definition) is 2. The summed E-state index contributed by atoms with van der Waals surface area (Å²) in [6, 6.07) is 15.1. The van der Waals surface area contributed by atoms with Crippen molar-refractivity contribution in [1.29, 1.82) is 5.41 Å². The van der Waals surface area contributed by atoms with Gasteiger partial charge in [0.15, 0.2) is 0 Å². The Hall–Kier alpha value is -1.84. The van der Waals surface area contributed by atoms with Crippen molar-refractivity contribution in [3.63, 3.8) is 0 Å². The van der Waals surface area contributed by atoms with Crippen LogP contribution in [0.1, 0.15) is 16.7 Å². The summed E-state index contributed by atoms with van der Waals surface area (Å²) < 4.78 is 5.63. The van der Waals surface area contributed by atoms with Gasteiger partial charge in [-0.1, -0.05) is 41.9 Å². The quantitative estimate of drug-likeness (QED) is 0.649. The van der Waals surface area contributed by atoms with Gasteiger partial charge in [-0.2, -0.15) is 0 Å². The molecule has 0 aliphatic heterocycles. The van der Waals surface area contributed by atoms with Gasteiger partial charge in [-0.25, -0.2) is 0 Å². The van der Waals surface area contributed by atoms with Crippen molar-refractivity contribution in [3.05, 3.63) is 70.2 Å². The molecule has 19 heavy (non-hydrogen) atoms. The molecule has 0 unspecified atom stereocenters. The lowest BCUT2D eigenvalue weighted by molar-refractivity contribution is 0.107. The van der Waals surface area contributed by atoms with Crippen molar-refractivity contribution in [3.8, 4) is 0 Å². The van der Waals surface area contributed by atoms with Gasteiger partial charge in [-0.3, -0.25) is 5.41 Å². The van der Waals surface area contributed by atoms with E-state index in [4.69, 9.17) is 27.5 Å². The molecule has 0 heterocycles. The predicted molar refractivity (Wildman–Crippen MR) is 77.4 cm³/mol. The van der Waals surface area contributed by atoms with Crippen LogP contribution in [0.2, 0.25) is 5.02 Å². The van der Waals surface area contributed by atoms with Crippen molar-refractivity contribution in [2.45, 2.75) is 13.2 Å². The molecule has 0 spiro atoms. The number of ether oxygens (including phenoxy) is 1. The van der Waals surface area contributed by atoms with Crippen molar-refractivity contribution in [2.75, 3.05) is 0 Å². The first-order chi connectivity index (χ1) is 9.15. The topological polar surface area (TPSA) is 59.1 Å². The number of nitrogens with two attached hydrogens (primary N) is 1. The van der Waals surface area contributed by atoms with Crippen molar-refractivity contribution < 1.29 is 4.74 Å². The largest absolute Gasteiger partial charge is 0.384 e. The molecule has 0 aromatic heterocycles. The smallest absolute Gasteiger partial charge is 0.122 e. The molecule has 0 aliphatic carbocycles. The van der Waals surface area contributed by atoms with E-state index in [1.807, 2.05) is 48.5 Å². The molecule has 0 saturated heterocycles. The van der Waals surface area contributed by atoms with Gasteiger partial charge in [-0.15, -0.1) is 0 Å². The maximum atomic E-state index is 7.39. The molecule has 0 aliphatic rings. The number of halogens is 1. The van der Waals surface area contributed by atoms with E-state index in [1.54, 1.807) is 0 Å². The van der Waals surface area contributed by atoms with E-state index in [0.29, 0.717) is 23.8 Å². The summed E-state index contributed by atoms with van der Waals surface area (Å²) in [5.74, 6) is 0.0664. The third-order valence-corrected chi connectivity index (χ3v) is 2.90. The summed E-state index contributed by atoms with van der Waals surface area (Å²) in [5.41, 5.74) is 8.19. The minimum absolute atomic E-state index is 0.0664. The van der Waals surface area contributed by atoms with Gasteiger partial charge in [-0.05, 0) is 29.3 Å². The van der Waals surface area contributed by atoms with Crippen LogP contribution >= 0.6 is 11.6 Å². The first-order valence-corrected chi connectivity index (χ1v) is 6.28. The fourth-order valence-corrected chi connectivity index (χ4v) is 1.96.